The van der Waals surface area contributed by atoms with Gasteiger partial charge in [-0.05, 0) is 55.3 Å². The second kappa shape index (κ2) is 16.7. The Bertz CT molecular complexity index is 2410. The Hall–Kier alpha value is -6.56. The number of fused-ring (bicyclic) bond motifs is 2. The number of hydrogen-bond donors (Lipinski definition) is 3. The number of anilines is 3. The summed E-state index contributed by atoms with van der Waals surface area (Å²) in [7, 11) is 5.25. The first-order valence-electron chi connectivity index (χ1n) is 20.0. The Labute approximate surface area is 340 Å². The van der Waals surface area contributed by atoms with Gasteiger partial charge in [0.25, 0.3) is 17.7 Å². The topological polar surface area (TPSA) is 192 Å². The number of imide groups is 1. The fraction of sp³-hybridized carbons (Fsp3) is 0.415. The van der Waals surface area contributed by atoms with E-state index >= 15 is 0 Å². The maximum absolute atomic E-state index is 13.2. The van der Waals surface area contributed by atoms with Gasteiger partial charge in [-0.2, -0.15) is 10.1 Å². The first-order valence-corrected chi connectivity index (χ1v) is 20.0. The van der Waals surface area contributed by atoms with Crippen molar-refractivity contribution < 1.29 is 28.7 Å². The number of carbonyl (C=O) groups is 5. The molecule has 18 heteroatoms. The van der Waals surface area contributed by atoms with Gasteiger partial charge in [-0.25, -0.2) is 9.78 Å². The Morgan fingerprint density at radius 2 is 1.75 bits per heavy atom. The summed E-state index contributed by atoms with van der Waals surface area (Å²) in [5, 5.41) is 14.6. The van der Waals surface area contributed by atoms with Crippen LogP contribution in [0.1, 0.15) is 59.0 Å². The number of rotatable bonds is 12. The van der Waals surface area contributed by atoms with Crippen LogP contribution in [0.25, 0.3) is 21.9 Å². The third-order valence-corrected chi connectivity index (χ3v) is 11.2. The van der Waals surface area contributed by atoms with Gasteiger partial charge in [0.1, 0.15) is 22.6 Å². The van der Waals surface area contributed by atoms with Crippen LogP contribution in [0.2, 0.25) is 0 Å². The quantitative estimate of drug-likeness (QED) is 0.168. The molecule has 5 heterocycles. The SMILES string of the molecule is CN(C)C(=O)c1cc2cnc(Nc3ccc(C(=O)NCCN4CCN(C(=O)COc5cccc6c(N7CCC(=O)NC7=O)nn(C)c56)CC4)cc3)nc2n1C1CCCC1. The molecule has 18 nitrogen and oxygen atoms in total. The highest BCUT2D eigenvalue weighted by molar-refractivity contribution is 6.09. The molecule has 5 aromatic rings. The van der Waals surface area contributed by atoms with Crippen LogP contribution in [0, 0.1) is 0 Å². The van der Waals surface area contributed by atoms with E-state index in [1.807, 2.05) is 24.3 Å². The minimum absolute atomic E-state index is 0.0583. The molecule has 3 aromatic heterocycles. The fourth-order valence-corrected chi connectivity index (χ4v) is 8.07. The molecule has 1 aliphatic carbocycles. The van der Waals surface area contributed by atoms with Gasteiger partial charge in [0.05, 0.1) is 0 Å². The number of urea groups is 1. The van der Waals surface area contributed by atoms with Gasteiger partial charge in [-0.1, -0.05) is 18.9 Å². The lowest BCUT2D eigenvalue weighted by molar-refractivity contribution is -0.135. The second-order valence-corrected chi connectivity index (χ2v) is 15.3. The summed E-state index contributed by atoms with van der Waals surface area (Å²) in [5.41, 5.74) is 3.25. The van der Waals surface area contributed by atoms with Crippen molar-refractivity contribution in [2.75, 3.05) is 76.7 Å². The van der Waals surface area contributed by atoms with Gasteiger partial charge in [0, 0.05) is 108 Å². The van der Waals surface area contributed by atoms with Crippen molar-refractivity contribution in [3.8, 4) is 5.75 Å². The normalized spacial score (nSPS) is 16.5. The number of amides is 6. The largest absolute Gasteiger partial charge is 0.481 e. The molecule has 59 heavy (non-hydrogen) atoms. The fourth-order valence-electron chi connectivity index (χ4n) is 8.07. The van der Waals surface area contributed by atoms with Gasteiger partial charge in [0.2, 0.25) is 11.9 Å². The van der Waals surface area contributed by atoms with E-state index in [0.717, 1.165) is 42.4 Å². The number of nitrogens with one attached hydrogen (secondary N) is 3. The molecule has 0 spiro atoms. The van der Waals surface area contributed by atoms with Gasteiger partial charge >= 0.3 is 6.03 Å². The number of para-hydroxylation sites is 1. The van der Waals surface area contributed by atoms with E-state index in [1.165, 1.54) is 4.90 Å². The molecule has 0 unspecified atom stereocenters. The van der Waals surface area contributed by atoms with Crippen LogP contribution in [0.4, 0.5) is 22.2 Å². The summed E-state index contributed by atoms with van der Waals surface area (Å²) in [5.74, 6) is 0.598. The molecule has 2 aromatic carbocycles. The molecule has 1 saturated carbocycles. The van der Waals surface area contributed by atoms with Crippen molar-refractivity contribution in [3.63, 3.8) is 0 Å². The molecule has 6 amide bonds. The number of hydrogen-bond acceptors (Lipinski definition) is 11. The highest BCUT2D eigenvalue weighted by Gasteiger charge is 2.30. The highest BCUT2D eigenvalue weighted by Crippen LogP contribution is 2.35. The summed E-state index contributed by atoms with van der Waals surface area (Å²) >= 11 is 0. The van der Waals surface area contributed by atoms with E-state index in [4.69, 9.17) is 9.72 Å². The molecule has 0 bridgehead atoms. The van der Waals surface area contributed by atoms with E-state index in [9.17, 15) is 24.0 Å². The smallest absolute Gasteiger partial charge is 0.329 e. The van der Waals surface area contributed by atoms with Gasteiger partial charge in [0.15, 0.2) is 12.4 Å². The Morgan fingerprint density at radius 1 is 0.983 bits per heavy atom. The van der Waals surface area contributed by atoms with Crippen LogP contribution >= 0.6 is 0 Å². The molecule has 2 aliphatic heterocycles. The summed E-state index contributed by atoms with van der Waals surface area (Å²) in [4.78, 5) is 79.6. The monoisotopic (exact) mass is 804 g/mol. The van der Waals surface area contributed by atoms with Crippen molar-refractivity contribution in [1.82, 2.24) is 49.6 Å². The lowest BCUT2D eigenvalue weighted by Gasteiger charge is -2.34. The number of aromatic nitrogens is 5. The first kappa shape index (κ1) is 39.3. The van der Waals surface area contributed by atoms with Crippen molar-refractivity contribution >= 4 is 69.0 Å². The van der Waals surface area contributed by atoms with E-state index in [2.05, 4.69) is 35.5 Å². The lowest BCUT2D eigenvalue weighted by atomic mass is 10.2. The van der Waals surface area contributed by atoms with Crippen LogP contribution in [-0.4, -0.2) is 135 Å². The molecule has 0 atom stereocenters. The maximum atomic E-state index is 13.2. The van der Waals surface area contributed by atoms with Crippen LogP contribution in [0.5, 0.6) is 5.75 Å². The minimum atomic E-state index is -0.522. The molecule has 3 aliphatic rings. The van der Waals surface area contributed by atoms with Gasteiger partial charge in [-0.15, -0.1) is 0 Å². The lowest BCUT2D eigenvalue weighted by Crippen LogP contribution is -2.51. The van der Waals surface area contributed by atoms with Crippen LogP contribution in [-0.2, 0) is 16.6 Å². The van der Waals surface area contributed by atoms with Crippen LogP contribution in [0.15, 0.2) is 54.7 Å². The van der Waals surface area contributed by atoms with Crippen molar-refractivity contribution in [2.45, 2.75) is 38.1 Å². The molecule has 3 N–H and O–H groups in total. The van der Waals surface area contributed by atoms with Crippen molar-refractivity contribution in [2.24, 2.45) is 7.05 Å². The van der Waals surface area contributed by atoms with Gasteiger partial charge in [-0.3, -0.25) is 39.0 Å². The molecule has 3 fully saturated rings. The number of carbonyl (C=O) groups excluding carboxylic acids is 5. The van der Waals surface area contributed by atoms with Crippen LogP contribution < -0.4 is 25.6 Å². The molecule has 0 radical (unpaired) electrons. The summed E-state index contributed by atoms with van der Waals surface area (Å²) < 4.78 is 9.69. The molecular weight excluding hydrogens is 757 g/mol. The summed E-state index contributed by atoms with van der Waals surface area (Å²) in [6, 6.07) is 14.1. The zero-order valence-electron chi connectivity index (χ0n) is 33.4. The summed E-state index contributed by atoms with van der Waals surface area (Å²) in [6.07, 6.45) is 6.18. The standard InChI is InChI=1S/C41H48N12O6/c1-48(2)39(57)31-23-27-24-43-40(46-36(27)53(31)29-7-4-5-8-29)44-28-13-11-26(12-14-28)38(56)42-16-18-50-19-21-51(22-20-50)34(55)25-59-32-10-6-9-30-35(32)49(3)47-37(30)52-17-15-33(54)45-41(52)58/h6,9-14,23-24,29H,4-5,7-8,15-22,25H2,1-3H3,(H,42,56)(H,43,44,46)(H,45,54,58). The minimum Gasteiger partial charge on any atom is -0.481 e. The van der Waals surface area contributed by atoms with E-state index < -0.39 is 6.03 Å². The molecule has 2 saturated heterocycles. The third-order valence-electron chi connectivity index (χ3n) is 11.2. The average Bonchev–Trinajstić information content (AvgIpc) is 3.98. The second-order valence-electron chi connectivity index (χ2n) is 15.3. The molecular formula is C41H48N12O6. The predicted octanol–water partition coefficient (Wildman–Crippen LogP) is 3.28. The Kier molecular flexibility index (Phi) is 11.1. The Morgan fingerprint density at radius 3 is 2.47 bits per heavy atom. The van der Waals surface area contributed by atoms with E-state index in [0.29, 0.717) is 78.9 Å². The van der Waals surface area contributed by atoms with Crippen molar-refractivity contribution in [3.05, 3.63) is 66.0 Å². The summed E-state index contributed by atoms with van der Waals surface area (Å²) in [6.45, 7) is 3.56. The number of aryl methyl sites for hydroxylation is 1. The number of nitrogens with zero attached hydrogens (tertiary/aromatic N) is 9. The number of piperazine rings is 1. The molecule has 8 rings (SSSR count). The van der Waals surface area contributed by atoms with Crippen molar-refractivity contribution in [1.29, 1.82) is 0 Å². The predicted molar refractivity (Wildman–Crippen MR) is 220 cm³/mol. The zero-order valence-corrected chi connectivity index (χ0v) is 33.4. The zero-order chi connectivity index (χ0) is 41.2. The maximum Gasteiger partial charge on any atom is 0.329 e. The van der Waals surface area contributed by atoms with E-state index in [1.54, 1.807) is 66.1 Å². The Balaban J connectivity index is 0.794. The van der Waals surface area contributed by atoms with E-state index in [-0.39, 0.29) is 49.2 Å². The highest BCUT2D eigenvalue weighted by atomic mass is 16.5. The van der Waals surface area contributed by atoms with Gasteiger partial charge < -0.3 is 29.7 Å². The number of ether oxygens (including phenoxy) is 1. The molecule has 308 valence electrons. The average molecular weight is 805 g/mol. The first-order chi connectivity index (χ1) is 28.5. The third kappa shape index (κ3) is 8.25. The van der Waals surface area contributed by atoms with Crippen LogP contribution in [0.3, 0.4) is 0 Å². The number of benzene rings is 2.